The second-order valence-corrected chi connectivity index (χ2v) is 6.23. The molecule has 0 saturated carbocycles. The zero-order valence-electron chi connectivity index (χ0n) is 14.3. The van der Waals surface area contributed by atoms with Crippen molar-refractivity contribution in [1.82, 2.24) is 20.2 Å². The highest BCUT2D eigenvalue weighted by molar-refractivity contribution is 5.75. The first-order valence-electron chi connectivity index (χ1n) is 8.59. The van der Waals surface area contributed by atoms with Crippen molar-refractivity contribution in [1.29, 1.82) is 0 Å². The van der Waals surface area contributed by atoms with E-state index in [1.807, 2.05) is 0 Å². The van der Waals surface area contributed by atoms with Crippen molar-refractivity contribution in [3.8, 4) is 11.1 Å². The van der Waals surface area contributed by atoms with Gasteiger partial charge in [0.15, 0.2) is 0 Å². The summed E-state index contributed by atoms with van der Waals surface area (Å²) in [5.41, 5.74) is 9.10. The summed E-state index contributed by atoms with van der Waals surface area (Å²) in [4.78, 5) is 11.0. The van der Waals surface area contributed by atoms with Gasteiger partial charge in [-0.15, -0.1) is 0 Å². The first kappa shape index (κ1) is 16.7. The quantitative estimate of drug-likeness (QED) is 0.702. The average Bonchev–Trinajstić information content (AvgIpc) is 2.60. The highest BCUT2D eigenvalue weighted by Crippen LogP contribution is 2.26. The van der Waals surface area contributed by atoms with Crippen LogP contribution in [0.15, 0.2) is 30.5 Å². The third kappa shape index (κ3) is 4.43. The molecule has 2 aromatic rings. The lowest BCUT2D eigenvalue weighted by Crippen LogP contribution is -2.44. The van der Waals surface area contributed by atoms with Crippen molar-refractivity contribution in [2.45, 2.75) is 13.3 Å². The van der Waals surface area contributed by atoms with Gasteiger partial charge in [0.05, 0.1) is 0 Å². The molecule has 1 aliphatic heterocycles. The molecule has 6 nitrogen and oxygen atoms in total. The molecule has 0 spiro atoms. The third-order valence-corrected chi connectivity index (χ3v) is 4.29. The highest BCUT2D eigenvalue weighted by Gasteiger charge is 2.10. The Bertz CT molecular complexity index is 666. The molecule has 3 rings (SSSR count). The Balaban J connectivity index is 1.63. The largest absolute Gasteiger partial charge is 0.369 e. The average molecular weight is 326 g/mol. The molecule has 1 aliphatic rings. The van der Waals surface area contributed by atoms with Crippen LogP contribution in [-0.2, 0) is 0 Å². The number of nitrogens with two attached hydrogens (primary N) is 1. The standard InChI is InChI=1S/C18H26N6/c1-14-4-2-5-15(12-14)16-13-22-18(19)23-17(16)21-6-3-9-24-10-7-20-8-11-24/h2,4-5,12-13,20H,3,6-11H2,1H3,(H3,19,21,22,23). The van der Waals surface area contributed by atoms with E-state index in [2.05, 4.69) is 56.7 Å². The van der Waals surface area contributed by atoms with Gasteiger partial charge in [0, 0.05) is 44.5 Å². The number of hydrogen-bond acceptors (Lipinski definition) is 6. The van der Waals surface area contributed by atoms with Crippen LogP contribution in [0.3, 0.4) is 0 Å². The van der Waals surface area contributed by atoms with Gasteiger partial charge in [0.25, 0.3) is 0 Å². The van der Waals surface area contributed by atoms with E-state index in [9.17, 15) is 0 Å². The van der Waals surface area contributed by atoms with Crippen LogP contribution in [-0.4, -0.2) is 54.1 Å². The third-order valence-electron chi connectivity index (χ3n) is 4.29. The smallest absolute Gasteiger partial charge is 0.221 e. The molecule has 1 saturated heterocycles. The monoisotopic (exact) mass is 326 g/mol. The summed E-state index contributed by atoms with van der Waals surface area (Å²) < 4.78 is 0. The number of nitrogens with one attached hydrogen (secondary N) is 2. The zero-order valence-corrected chi connectivity index (χ0v) is 14.3. The van der Waals surface area contributed by atoms with E-state index < -0.39 is 0 Å². The Kier molecular flexibility index (Phi) is 5.61. The van der Waals surface area contributed by atoms with Crippen molar-refractivity contribution in [2.24, 2.45) is 0 Å². The maximum atomic E-state index is 5.78. The van der Waals surface area contributed by atoms with Gasteiger partial charge >= 0.3 is 0 Å². The lowest BCUT2D eigenvalue weighted by molar-refractivity contribution is 0.240. The van der Waals surface area contributed by atoms with Crippen LogP contribution < -0.4 is 16.4 Å². The minimum atomic E-state index is 0.302. The summed E-state index contributed by atoms with van der Waals surface area (Å²) in [5, 5.41) is 6.82. The normalized spacial score (nSPS) is 15.4. The fourth-order valence-electron chi connectivity index (χ4n) is 3.00. The molecule has 4 N–H and O–H groups in total. The Hall–Kier alpha value is -2.18. The molecule has 0 unspecified atom stereocenters. The van der Waals surface area contributed by atoms with Crippen LogP contribution >= 0.6 is 0 Å². The van der Waals surface area contributed by atoms with Gasteiger partial charge < -0.3 is 21.3 Å². The number of nitrogen functional groups attached to an aromatic ring is 1. The number of rotatable bonds is 6. The second-order valence-electron chi connectivity index (χ2n) is 6.23. The number of anilines is 2. The van der Waals surface area contributed by atoms with Crippen LogP contribution in [0.4, 0.5) is 11.8 Å². The molecular weight excluding hydrogens is 300 g/mol. The Morgan fingerprint density at radius 3 is 2.92 bits per heavy atom. The van der Waals surface area contributed by atoms with Gasteiger partial charge in [-0.25, -0.2) is 4.98 Å². The summed E-state index contributed by atoms with van der Waals surface area (Å²) in [6.45, 7) is 8.52. The van der Waals surface area contributed by atoms with Crippen LogP contribution in [0, 0.1) is 6.92 Å². The molecule has 6 heteroatoms. The molecule has 1 aromatic heterocycles. The number of aryl methyl sites for hydroxylation is 1. The SMILES string of the molecule is Cc1cccc(-c2cnc(N)nc2NCCCN2CCNCC2)c1. The number of benzene rings is 1. The van der Waals surface area contributed by atoms with Gasteiger partial charge in [-0.05, 0) is 25.5 Å². The summed E-state index contributed by atoms with van der Waals surface area (Å²) in [5.74, 6) is 1.12. The van der Waals surface area contributed by atoms with Crippen molar-refractivity contribution < 1.29 is 0 Å². The van der Waals surface area contributed by atoms with Crippen molar-refractivity contribution in [2.75, 3.05) is 50.3 Å². The molecule has 0 bridgehead atoms. The molecule has 1 aromatic carbocycles. The van der Waals surface area contributed by atoms with Crippen molar-refractivity contribution >= 4 is 11.8 Å². The Morgan fingerprint density at radius 1 is 1.29 bits per heavy atom. The summed E-state index contributed by atoms with van der Waals surface area (Å²) >= 11 is 0. The maximum absolute atomic E-state index is 5.78. The molecule has 1 fully saturated rings. The van der Waals surface area contributed by atoms with Crippen LogP contribution in [0.2, 0.25) is 0 Å². The maximum Gasteiger partial charge on any atom is 0.221 e. The topological polar surface area (TPSA) is 79.1 Å². The fourth-order valence-corrected chi connectivity index (χ4v) is 3.00. The zero-order chi connectivity index (χ0) is 16.8. The van der Waals surface area contributed by atoms with Gasteiger partial charge in [-0.3, -0.25) is 0 Å². The van der Waals surface area contributed by atoms with Crippen LogP contribution in [0.5, 0.6) is 0 Å². The second kappa shape index (κ2) is 8.08. The Morgan fingerprint density at radius 2 is 2.12 bits per heavy atom. The molecular formula is C18H26N6. The van der Waals surface area contributed by atoms with E-state index in [0.29, 0.717) is 5.95 Å². The van der Waals surface area contributed by atoms with E-state index in [1.165, 1.54) is 5.56 Å². The molecule has 24 heavy (non-hydrogen) atoms. The number of hydrogen-bond donors (Lipinski definition) is 3. The number of piperazine rings is 1. The van der Waals surface area contributed by atoms with Crippen LogP contribution in [0.25, 0.3) is 11.1 Å². The van der Waals surface area contributed by atoms with Crippen molar-refractivity contribution in [3.63, 3.8) is 0 Å². The molecule has 2 heterocycles. The first-order chi connectivity index (χ1) is 11.7. The number of nitrogens with zero attached hydrogens (tertiary/aromatic N) is 3. The molecule has 128 valence electrons. The Labute approximate surface area is 143 Å². The molecule has 0 aliphatic carbocycles. The van der Waals surface area contributed by atoms with Gasteiger partial charge in [0.2, 0.25) is 5.95 Å². The minimum Gasteiger partial charge on any atom is -0.369 e. The van der Waals surface area contributed by atoms with Gasteiger partial charge in [-0.1, -0.05) is 29.8 Å². The van der Waals surface area contributed by atoms with E-state index in [4.69, 9.17) is 5.73 Å². The molecule has 0 atom stereocenters. The predicted molar refractivity (Wildman–Crippen MR) is 99.0 cm³/mol. The molecule has 0 radical (unpaired) electrons. The lowest BCUT2D eigenvalue weighted by Gasteiger charge is -2.27. The summed E-state index contributed by atoms with van der Waals surface area (Å²) in [7, 11) is 0. The predicted octanol–water partition coefficient (Wildman–Crippen LogP) is 1.74. The van der Waals surface area contributed by atoms with E-state index in [-0.39, 0.29) is 0 Å². The van der Waals surface area contributed by atoms with Gasteiger partial charge in [-0.2, -0.15) is 4.98 Å². The van der Waals surface area contributed by atoms with E-state index in [1.54, 1.807) is 6.20 Å². The molecule has 0 amide bonds. The van der Waals surface area contributed by atoms with E-state index in [0.717, 1.165) is 62.6 Å². The minimum absolute atomic E-state index is 0.302. The summed E-state index contributed by atoms with van der Waals surface area (Å²) in [6.07, 6.45) is 2.88. The number of aromatic nitrogens is 2. The van der Waals surface area contributed by atoms with Gasteiger partial charge in [0.1, 0.15) is 5.82 Å². The lowest BCUT2D eigenvalue weighted by atomic mass is 10.1. The highest BCUT2D eigenvalue weighted by atomic mass is 15.2. The van der Waals surface area contributed by atoms with E-state index >= 15 is 0 Å². The van der Waals surface area contributed by atoms with Crippen molar-refractivity contribution in [3.05, 3.63) is 36.0 Å². The fraction of sp³-hybridized carbons (Fsp3) is 0.444. The van der Waals surface area contributed by atoms with Crippen LogP contribution in [0.1, 0.15) is 12.0 Å². The first-order valence-corrected chi connectivity index (χ1v) is 8.59. The summed E-state index contributed by atoms with van der Waals surface area (Å²) in [6, 6.07) is 8.35.